The fourth-order valence-corrected chi connectivity index (χ4v) is 1.74. The number of fused-ring (bicyclic) bond motifs is 1. The highest BCUT2D eigenvalue weighted by Crippen LogP contribution is 2.31. The topological polar surface area (TPSA) is 63.6 Å². The molecule has 0 heterocycles. The monoisotopic (exact) mass is 224 g/mol. The fourth-order valence-electron chi connectivity index (χ4n) is 1.42. The zero-order valence-electron chi connectivity index (χ0n) is 7.58. The summed E-state index contributed by atoms with van der Waals surface area (Å²) in [5.41, 5.74) is 0. The largest absolute Gasteiger partial charge is 0.507 e. The standard InChI is InChI=1S/C10H8O4S/c11-9-5-6-10(14-15(12)13)8-4-2-1-3-7(8)9/h1-6,11,15H. The van der Waals surface area contributed by atoms with Gasteiger partial charge in [0.25, 0.3) is 11.0 Å². The number of phenolic OH excluding ortho intramolecular Hbond substituents is 1. The fraction of sp³-hybridized carbons (Fsp3) is 0. The van der Waals surface area contributed by atoms with Crippen molar-refractivity contribution in [3.8, 4) is 11.5 Å². The molecular formula is C10H8O4S. The summed E-state index contributed by atoms with van der Waals surface area (Å²) >= 11 is 0. The maximum absolute atomic E-state index is 10.4. The summed E-state index contributed by atoms with van der Waals surface area (Å²) in [6.07, 6.45) is 0. The smallest absolute Gasteiger partial charge is 0.299 e. The lowest BCUT2D eigenvalue weighted by atomic mass is 10.1. The second-order valence-electron chi connectivity index (χ2n) is 2.94. The van der Waals surface area contributed by atoms with Gasteiger partial charge in [0.05, 0.1) is 0 Å². The van der Waals surface area contributed by atoms with E-state index >= 15 is 0 Å². The van der Waals surface area contributed by atoms with Crippen molar-refractivity contribution in [2.45, 2.75) is 0 Å². The molecule has 78 valence electrons. The van der Waals surface area contributed by atoms with E-state index in [-0.39, 0.29) is 11.5 Å². The van der Waals surface area contributed by atoms with Crippen molar-refractivity contribution >= 4 is 21.8 Å². The van der Waals surface area contributed by atoms with Gasteiger partial charge in [-0.15, -0.1) is 0 Å². The molecule has 0 aromatic heterocycles. The van der Waals surface area contributed by atoms with Gasteiger partial charge in [-0.1, -0.05) is 24.3 Å². The molecule has 2 rings (SSSR count). The van der Waals surface area contributed by atoms with E-state index in [0.717, 1.165) is 0 Å². The summed E-state index contributed by atoms with van der Waals surface area (Å²) in [5.74, 6) is 0.318. The van der Waals surface area contributed by atoms with Gasteiger partial charge in [-0.25, -0.2) is 0 Å². The Hall–Kier alpha value is -1.75. The van der Waals surface area contributed by atoms with E-state index in [9.17, 15) is 13.5 Å². The first-order valence-corrected chi connectivity index (χ1v) is 5.31. The van der Waals surface area contributed by atoms with Gasteiger partial charge in [-0.05, 0) is 12.1 Å². The first-order valence-electron chi connectivity index (χ1n) is 4.21. The lowest BCUT2D eigenvalue weighted by Crippen LogP contribution is -1.90. The predicted octanol–water partition coefficient (Wildman–Crippen LogP) is 1.45. The Labute approximate surface area is 87.9 Å². The Kier molecular flexibility index (Phi) is 2.47. The van der Waals surface area contributed by atoms with E-state index in [2.05, 4.69) is 4.18 Å². The van der Waals surface area contributed by atoms with Gasteiger partial charge in [0, 0.05) is 10.8 Å². The molecule has 0 unspecified atom stereocenters. The Bertz CT molecular complexity index is 567. The highest BCUT2D eigenvalue weighted by molar-refractivity contribution is 7.67. The van der Waals surface area contributed by atoms with Crippen LogP contribution in [0.1, 0.15) is 0 Å². The first kappa shape index (κ1) is 9.79. The number of benzene rings is 2. The van der Waals surface area contributed by atoms with Gasteiger partial charge >= 0.3 is 0 Å². The summed E-state index contributed by atoms with van der Waals surface area (Å²) < 4.78 is 25.5. The maximum atomic E-state index is 10.4. The van der Waals surface area contributed by atoms with Gasteiger partial charge in [0.15, 0.2) is 0 Å². The van der Waals surface area contributed by atoms with E-state index < -0.39 is 11.0 Å². The van der Waals surface area contributed by atoms with Crippen molar-refractivity contribution in [2.75, 3.05) is 0 Å². The second kappa shape index (κ2) is 3.78. The number of rotatable bonds is 2. The van der Waals surface area contributed by atoms with Crippen LogP contribution in [0.3, 0.4) is 0 Å². The zero-order valence-corrected chi connectivity index (χ0v) is 8.48. The quantitative estimate of drug-likeness (QED) is 0.758. The van der Waals surface area contributed by atoms with Gasteiger partial charge in [0.1, 0.15) is 11.5 Å². The summed E-state index contributed by atoms with van der Waals surface area (Å²) in [6.45, 7) is 0. The molecule has 0 aliphatic carbocycles. The minimum atomic E-state index is -2.94. The van der Waals surface area contributed by atoms with Crippen LogP contribution < -0.4 is 4.18 Å². The lowest BCUT2D eigenvalue weighted by Gasteiger charge is -2.04. The Balaban J connectivity index is 2.71. The lowest BCUT2D eigenvalue weighted by molar-refractivity contribution is 0.479. The molecule has 0 saturated carbocycles. The summed E-state index contributed by atoms with van der Waals surface area (Å²) in [4.78, 5) is 0. The van der Waals surface area contributed by atoms with Crippen LogP contribution in [0.25, 0.3) is 10.8 Å². The third-order valence-corrected chi connectivity index (χ3v) is 2.38. The summed E-state index contributed by atoms with van der Waals surface area (Å²) in [7, 11) is -2.94. The van der Waals surface area contributed by atoms with Crippen LogP contribution in [0.2, 0.25) is 0 Å². The molecule has 4 nitrogen and oxygen atoms in total. The first-order chi connectivity index (χ1) is 7.18. The highest BCUT2D eigenvalue weighted by Gasteiger charge is 2.05. The van der Waals surface area contributed by atoms with Crippen LogP contribution in [0.15, 0.2) is 36.4 Å². The molecule has 0 amide bonds. The van der Waals surface area contributed by atoms with E-state index in [1.165, 1.54) is 12.1 Å². The van der Waals surface area contributed by atoms with Crippen molar-refractivity contribution in [3.05, 3.63) is 36.4 Å². The zero-order chi connectivity index (χ0) is 10.8. The van der Waals surface area contributed by atoms with Crippen molar-refractivity contribution in [2.24, 2.45) is 0 Å². The summed E-state index contributed by atoms with van der Waals surface area (Å²) in [5, 5.41) is 10.7. The number of hydrogen-bond donors (Lipinski definition) is 2. The number of aromatic hydroxyl groups is 1. The molecule has 0 aliphatic heterocycles. The van der Waals surface area contributed by atoms with Gasteiger partial charge in [-0.2, -0.15) is 8.42 Å². The van der Waals surface area contributed by atoms with Crippen molar-refractivity contribution in [1.29, 1.82) is 0 Å². The van der Waals surface area contributed by atoms with Crippen LogP contribution in [0.4, 0.5) is 0 Å². The average Bonchev–Trinajstić information content (AvgIpc) is 2.22. The molecule has 2 aromatic carbocycles. The number of thiol groups is 1. The van der Waals surface area contributed by atoms with E-state index in [1.54, 1.807) is 24.3 Å². The molecule has 0 atom stereocenters. The molecule has 1 N–H and O–H groups in total. The maximum Gasteiger partial charge on any atom is 0.299 e. The third-order valence-electron chi connectivity index (χ3n) is 2.03. The number of hydrogen-bond acceptors (Lipinski definition) is 4. The third kappa shape index (κ3) is 1.87. The molecule has 15 heavy (non-hydrogen) atoms. The minimum Gasteiger partial charge on any atom is -0.507 e. The van der Waals surface area contributed by atoms with E-state index in [0.29, 0.717) is 10.8 Å². The molecular weight excluding hydrogens is 216 g/mol. The van der Waals surface area contributed by atoms with Gasteiger partial charge in [-0.3, -0.25) is 0 Å². The predicted molar refractivity (Wildman–Crippen MR) is 56.6 cm³/mol. The molecule has 0 spiro atoms. The summed E-state index contributed by atoms with van der Waals surface area (Å²) in [6, 6.07) is 9.69. The second-order valence-corrected chi connectivity index (χ2v) is 3.57. The van der Waals surface area contributed by atoms with Crippen molar-refractivity contribution < 1.29 is 17.7 Å². The van der Waals surface area contributed by atoms with Crippen LogP contribution in [0, 0.1) is 0 Å². The Morgan fingerprint density at radius 2 is 1.67 bits per heavy atom. The Morgan fingerprint density at radius 3 is 2.33 bits per heavy atom. The van der Waals surface area contributed by atoms with Crippen LogP contribution >= 0.6 is 0 Å². The van der Waals surface area contributed by atoms with Crippen LogP contribution in [0.5, 0.6) is 11.5 Å². The Morgan fingerprint density at radius 1 is 1.00 bits per heavy atom. The van der Waals surface area contributed by atoms with Crippen LogP contribution in [-0.4, -0.2) is 13.5 Å². The molecule has 0 fully saturated rings. The average molecular weight is 224 g/mol. The molecule has 0 aliphatic rings. The highest BCUT2D eigenvalue weighted by atomic mass is 32.2. The molecule has 5 heteroatoms. The molecule has 0 radical (unpaired) electrons. The van der Waals surface area contributed by atoms with Gasteiger partial charge < -0.3 is 9.29 Å². The van der Waals surface area contributed by atoms with Crippen LogP contribution in [-0.2, 0) is 11.0 Å². The normalized spacial score (nSPS) is 10.7. The molecule has 0 bridgehead atoms. The molecule has 2 aromatic rings. The minimum absolute atomic E-state index is 0.0964. The number of phenols is 1. The van der Waals surface area contributed by atoms with Crippen molar-refractivity contribution in [3.63, 3.8) is 0 Å². The van der Waals surface area contributed by atoms with E-state index in [4.69, 9.17) is 0 Å². The molecule has 0 saturated heterocycles. The SMILES string of the molecule is O=[SH](=O)Oc1ccc(O)c2ccccc12. The van der Waals surface area contributed by atoms with E-state index in [1.807, 2.05) is 0 Å². The van der Waals surface area contributed by atoms with Gasteiger partial charge in [0.2, 0.25) is 0 Å². The van der Waals surface area contributed by atoms with Crippen molar-refractivity contribution in [1.82, 2.24) is 0 Å².